The van der Waals surface area contributed by atoms with E-state index in [1.807, 2.05) is 0 Å². The number of benzene rings is 2. The molecule has 1 aliphatic rings. The van der Waals surface area contributed by atoms with Crippen molar-refractivity contribution < 1.29 is 14.0 Å². The molecule has 0 spiro atoms. The molecular formula is C18H16ClFN2O2. The molecule has 124 valence electrons. The summed E-state index contributed by atoms with van der Waals surface area (Å²) >= 11 is 5.82. The van der Waals surface area contributed by atoms with Crippen LogP contribution in [0, 0.1) is 5.82 Å². The summed E-state index contributed by atoms with van der Waals surface area (Å²) in [5.41, 5.74) is 0.871. The summed E-state index contributed by atoms with van der Waals surface area (Å²) < 4.78 is 13.3. The highest BCUT2D eigenvalue weighted by Gasteiger charge is 2.34. The summed E-state index contributed by atoms with van der Waals surface area (Å²) in [7, 11) is 0. The maximum absolute atomic E-state index is 13.3. The summed E-state index contributed by atoms with van der Waals surface area (Å²) in [5, 5.41) is 3.37. The molecule has 0 unspecified atom stereocenters. The van der Waals surface area contributed by atoms with Crippen molar-refractivity contribution in [2.24, 2.45) is 0 Å². The maximum Gasteiger partial charge on any atom is 0.254 e. The zero-order valence-electron chi connectivity index (χ0n) is 12.8. The van der Waals surface area contributed by atoms with Crippen LogP contribution in [0.4, 0.5) is 10.1 Å². The van der Waals surface area contributed by atoms with Gasteiger partial charge >= 0.3 is 0 Å². The van der Waals surface area contributed by atoms with Gasteiger partial charge in [0, 0.05) is 22.8 Å². The summed E-state index contributed by atoms with van der Waals surface area (Å²) in [5.74, 6) is -1.05. The fourth-order valence-corrected chi connectivity index (χ4v) is 2.95. The van der Waals surface area contributed by atoms with E-state index in [0.29, 0.717) is 23.7 Å². The van der Waals surface area contributed by atoms with Crippen molar-refractivity contribution in [2.75, 3.05) is 11.9 Å². The molecule has 1 atom stereocenters. The molecule has 0 aliphatic carbocycles. The van der Waals surface area contributed by atoms with E-state index in [4.69, 9.17) is 11.6 Å². The number of likely N-dealkylation sites (tertiary alicyclic amines) is 1. The SMILES string of the molecule is O=C(Nc1ccc(Cl)cc1)[C@H]1CCCN1C(=O)c1cccc(F)c1. The number of nitrogens with zero attached hydrogens (tertiary/aromatic N) is 1. The molecule has 0 radical (unpaired) electrons. The van der Waals surface area contributed by atoms with E-state index in [2.05, 4.69) is 5.32 Å². The molecule has 1 N–H and O–H groups in total. The summed E-state index contributed by atoms with van der Waals surface area (Å²) in [6.07, 6.45) is 1.32. The second-order valence-corrected chi connectivity index (χ2v) is 6.10. The Labute approximate surface area is 144 Å². The van der Waals surface area contributed by atoms with E-state index in [0.717, 1.165) is 6.42 Å². The first kappa shape index (κ1) is 16.5. The zero-order valence-corrected chi connectivity index (χ0v) is 13.6. The highest BCUT2D eigenvalue weighted by molar-refractivity contribution is 6.30. The average molecular weight is 347 g/mol. The normalized spacial score (nSPS) is 16.9. The largest absolute Gasteiger partial charge is 0.327 e. The molecule has 1 heterocycles. The van der Waals surface area contributed by atoms with Gasteiger partial charge in [0.25, 0.3) is 5.91 Å². The first-order valence-electron chi connectivity index (χ1n) is 7.67. The first-order chi connectivity index (χ1) is 11.5. The molecule has 0 bridgehead atoms. The highest BCUT2D eigenvalue weighted by atomic mass is 35.5. The van der Waals surface area contributed by atoms with Crippen molar-refractivity contribution in [2.45, 2.75) is 18.9 Å². The quantitative estimate of drug-likeness (QED) is 0.920. The fraction of sp³-hybridized carbons (Fsp3) is 0.222. The minimum atomic E-state index is -0.559. The minimum absolute atomic E-state index is 0.250. The van der Waals surface area contributed by atoms with Crippen LogP contribution in [0.15, 0.2) is 48.5 Å². The van der Waals surface area contributed by atoms with Gasteiger partial charge in [-0.05, 0) is 55.3 Å². The minimum Gasteiger partial charge on any atom is -0.327 e. The number of nitrogens with one attached hydrogen (secondary N) is 1. The number of amides is 2. The van der Waals surface area contributed by atoms with Gasteiger partial charge in [-0.15, -0.1) is 0 Å². The molecule has 6 heteroatoms. The molecule has 2 aromatic rings. The molecule has 0 saturated carbocycles. The molecule has 1 saturated heterocycles. The smallest absolute Gasteiger partial charge is 0.254 e. The van der Waals surface area contributed by atoms with Crippen molar-refractivity contribution in [3.63, 3.8) is 0 Å². The number of anilines is 1. The van der Waals surface area contributed by atoms with Gasteiger partial charge in [-0.25, -0.2) is 4.39 Å². The van der Waals surface area contributed by atoms with Gasteiger partial charge in [0.05, 0.1) is 0 Å². The Hall–Kier alpha value is -2.40. The predicted molar refractivity (Wildman–Crippen MR) is 90.5 cm³/mol. The topological polar surface area (TPSA) is 49.4 Å². The molecule has 2 amide bonds. The lowest BCUT2D eigenvalue weighted by Gasteiger charge is -2.24. The highest BCUT2D eigenvalue weighted by Crippen LogP contribution is 2.22. The molecule has 0 aromatic heterocycles. The molecule has 24 heavy (non-hydrogen) atoms. The van der Waals surface area contributed by atoms with Gasteiger partial charge in [0.15, 0.2) is 0 Å². The van der Waals surface area contributed by atoms with Crippen molar-refractivity contribution in [3.8, 4) is 0 Å². The van der Waals surface area contributed by atoms with E-state index < -0.39 is 11.9 Å². The van der Waals surface area contributed by atoms with Crippen LogP contribution in [0.25, 0.3) is 0 Å². The molecule has 2 aromatic carbocycles. The summed E-state index contributed by atoms with van der Waals surface area (Å²) in [6, 6.07) is 11.7. The Morgan fingerprint density at radius 3 is 2.62 bits per heavy atom. The third-order valence-electron chi connectivity index (χ3n) is 4.00. The van der Waals surface area contributed by atoms with E-state index in [1.165, 1.54) is 23.1 Å². The van der Waals surface area contributed by atoms with Crippen LogP contribution in [-0.2, 0) is 4.79 Å². The van der Waals surface area contributed by atoms with E-state index in [-0.39, 0.29) is 17.4 Å². The molecule has 3 rings (SSSR count). The van der Waals surface area contributed by atoms with Crippen LogP contribution in [0.5, 0.6) is 0 Å². The second kappa shape index (κ2) is 7.01. The Balaban J connectivity index is 1.73. The van der Waals surface area contributed by atoms with Crippen LogP contribution in [-0.4, -0.2) is 29.3 Å². The van der Waals surface area contributed by atoms with Gasteiger partial charge in [0.1, 0.15) is 11.9 Å². The van der Waals surface area contributed by atoms with Crippen LogP contribution in [0.1, 0.15) is 23.2 Å². The van der Waals surface area contributed by atoms with Crippen molar-refractivity contribution in [1.82, 2.24) is 4.90 Å². The van der Waals surface area contributed by atoms with E-state index in [9.17, 15) is 14.0 Å². The lowest BCUT2D eigenvalue weighted by Crippen LogP contribution is -2.43. The van der Waals surface area contributed by atoms with Crippen LogP contribution < -0.4 is 5.32 Å². The summed E-state index contributed by atoms with van der Waals surface area (Å²) in [4.78, 5) is 26.6. The van der Waals surface area contributed by atoms with Gasteiger partial charge in [-0.3, -0.25) is 9.59 Å². The van der Waals surface area contributed by atoms with Crippen molar-refractivity contribution >= 4 is 29.1 Å². The Kier molecular flexibility index (Phi) is 4.81. The number of rotatable bonds is 3. The predicted octanol–water partition coefficient (Wildman–Crippen LogP) is 3.72. The lowest BCUT2D eigenvalue weighted by atomic mass is 10.1. The van der Waals surface area contributed by atoms with E-state index >= 15 is 0 Å². The lowest BCUT2D eigenvalue weighted by molar-refractivity contribution is -0.119. The molecule has 1 aliphatic heterocycles. The first-order valence-corrected chi connectivity index (χ1v) is 8.05. The number of carbonyl (C=O) groups excluding carboxylic acids is 2. The molecule has 1 fully saturated rings. The summed E-state index contributed by atoms with van der Waals surface area (Å²) in [6.45, 7) is 0.480. The number of carbonyl (C=O) groups is 2. The van der Waals surface area contributed by atoms with Crippen LogP contribution in [0.2, 0.25) is 5.02 Å². The number of hydrogen-bond donors (Lipinski definition) is 1. The van der Waals surface area contributed by atoms with Crippen molar-refractivity contribution in [3.05, 3.63) is 64.9 Å². The molecular weight excluding hydrogens is 331 g/mol. The van der Waals surface area contributed by atoms with Gasteiger partial charge in [0.2, 0.25) is 5.91 Å². The molecule has 4 nitrogen and oxygen atoms in total. The van der Waals surface area contributed by atoms with E-state index in [1.54, 1.807) is 30.3 Å². The second-order valence-electron chi connectivity index (χ2n) is 5.66. The monoisotopic (exact) mass is 346 g/mol. The van der Waals surface area contributed by atoms with Gasteiger partial charge < -0.3 is 10.2 Å². The van der Waals surface area contributed by atoms with Crippen molar-refractivity contribution in [1.29, 1.82) is 0 Å². The third kappa shape index (κ3) is 3.57. The van der Waals surface area contributed by atoms with Crippen LogP contribution in [0.3, 0.4) is 0 Å². The average Bonchev–Trinajstić information content (AvgIpc) is 3.06. The Morgan fingerprint density at radius 2 is 1.92 bits per heavy atom. The third-order valence-corrected chi connectivity index (χ3v) is 4.25. The fourth-order valence-electron chi connectivity index (χ4n) is 2.83. The van der Waals surface area contributed by atoms with Crippen LogP contribution >= 0.6 is 11.6 Å². The van der Waals surface area contributed by atoms with Gasteiger partial charge in [-0.2, -0.15) is 0 Å². The standard InChI is InChI=1S/C18H16ClFN2O2/c19-13-6-8-15(9-7-13)21-17(23)16-5-2-10-22(16)18(24)12-3-1-4-14(20)11-12/h1,3-4,6-9,11,16H,2,5,10H2,(H,21,23)/t16-/m1/s1. The Bertz CT molecular complexity index is 764. The Morgan fingerprint density at radius 1 is 1.17 bits per heavy atom. The number of halogens is 2. The zero-order chi connectivity index (χ0) is 17.1. The maximum atomic E-state index is 13.3. The number of hydrogen-bond acceptors (Lipinski definition) is 2. The van der Waals surface area contributed by atoms with Gasteiger partial charge in [-0.1, -0.05) is 17.7 Å².